The Kier molecular flexibility index (Phi) is 4.14. The van der Waals surface area contributed by atoms with Crippen molar-refractivity contribution in [3.8, 4) is 11.4 Å². The van der Waals surface area contributed by atoms with Gasteiger partial charge in [0.2, 0.25) is 5.82 Å². The number of nitrogens with one attached hydrogen (secondary N) is 1. The fourth-order valence-electron chi connectivity index (χ4n) is 4.29. The number of allylic oxidation sites excluding steroid dienone is 2. The van der Waals surface area contributed by atoms with Crippen molar-refractivity contribution in [1.29, 1.82) is 0 Å². The van der Waals surface area contributed by atoms with Crippen molar-refractivity contribution in [1.82, 2.24) is 25.5 Å². The molecule has 0 amide bonds. The first-order chi connectivity index (χ1) is 13.6. The van der Waals surface area contributed by atoms with Crippen molar-refractivity contribution in [2.24, 2.45) is 13.0 Å². The summed E-state index contributed by atoms with van der Waals surface area (Å²) < 4.78 is 6.44. The number of piperidine rings is 1. The third-order valence-corrected chi connectivity index (χ3v) is 5.73. The summed E-state index contributed by atoms with van der Waals surface area (Å²) in [5.74, 6) is 1.28. The predicted octanol–water partition coefficient (Wildman–Crippen LogP) is 1.84. The summed E-state index contributed by atoms with van der Waals surface area (Å²) in [4.78, 5) is 1.45. The summed E-state index contributed by atoms with van der Waals surface area (Å²) in [5, 5.41) is 26.3. The Morgan fingerprint density at radius 1 is 1.18 bits per heavy atom. The van der Waals surface area contributed by atoms with Gasteiger partial charge in [0.25, 0.3) is 0 Å². The summed E-state index contributed by atoms with van der Waals surface area (Å²) in [6.45, 7) is 1.86. The van der Waals surface area contributed by atoms with Gasteiger partial charge in [-0.1, -0.05) is 36.4 Å². The fourth-order valence-corrected chi connectivity index (χ4v) is 4.29. The minimum Gasteiger partial charge on any atom is -0.487 e. The molecule has 2 N–H and O–H groups in total. The molecule has 7 nitrogen and oxygen atoms in total. The van der Waals surface area contributed by atoms with Crippen LogP contribution in [0.25, 0.3) is 17.0 Å². The van der Waals surface area contributed by atoms with Crippen molar-refractivity contribution in [3.63, 3.8) is 0 Å². The van der Waals surface area contributed by atoms with Crippen LogP contribution in [0.4, 0.5) is 0 Å². The zero-order valence-corrected chi connectivity index (χ0v) is 15.7. The molecule has 28 heavy (non-hydrogen) atoms. The SMILES string of the molecule is Cn1nnc(-c2ccc(C3=CC4(CCNCC4)OC4=CC=CC(O)C43)cc2)n1. The van der Waals surface area contributed by atoms with Gasteiger partial charge in [0.15, 0.2) is 0 Å². The molecule has 0 saturated carbocycles. The molecule has 1 saturated heterocycles. The molecule has 7 heteroatoms. The number of aryl methyl sites for hydroxylation is 1. The Hall–Kier alpha value is -2.77. The number of aliphatic hydroxyl groups excluding tert-OH is 1. The second-order valence-electron chi connectivity index (χ2n) is 7.62. The molecule has 1 aliphatic carbocycles. The molecule has 144 valence electrons. The molecule has 2 unspecified atom stereocenters. The van der Waals surface area contributed by atoms with Gasteiger partial charge in [0, 0.05) is 18.4 Å². The largest absolute Gasteiger partial charge is 0.487 e. The number of hydrogen-bond acceptors (Lipinski definition) is 6. The summed E-state index contributed by atoms with van der Waals surface area (Å²) in [7, 11) is 1.75. The van der Waals surface area contributed by atoms with Gasteiger partial charge in [-0.25, -0.2) is 0 Å². The van der Waals surface area contributed by atoms with Crippen LogP contribution in [0.5, 0.6) is 0 Å². The van der Waals surface area contributed by atoms with E-state index in [4.69, 9.17) is 4.74 Å². The first kappa shape index (κ1) is 17.3. The van der Waals surface area contributed by atoms with Crippen molar-refractivity contribution < 1.29 is 9.84 Å². The van der Waals surface area contributed by atoms with Crippen LogP contribution in [0.2, 0.25) is 0 Å². The van der Waals surface area contributed by atoms with Crippen LogP contribution in [0, 0.1) is 5.92 Å². The van der Waals surface area contributed by atoms with Gasteiger partial charge in [-0.15, -0.1) is 10.2 Å². The first-order valence-corrected chi connectivity index (χ1v) is 9.67. The lowest BCUT2D eigenvalue weighted by molar-refractivity contribution is -0.0108. The van der Waals surface area contributed by atoms with E-state index < -0.39 is 6.10 Å². The number of nitrogens with zero attached hydrogens (tertiary/aromatic N) is 4. The summed E-state index contributed by atoms with van der Waals surface area (Å²) >= 11 is 0. The number of aromatic nitrogens is 4. The number of ether oxygens (including phenoxy) is 1. The van der Waals surface area contributed by atoms with Crippen LogP contribution >= 0.6 is 0 Å². The number of fused-ring (bicyclic) bond motifs is 1. The molecule has 2 aliphatic heterocycles. The van der Waals surface area contributed by atoms with Gasteiger partial charge < -0.3 is 15.2 Å². The highest BCUT2D eigenvalue weighted by Gasteiger charge is 2.43. The van der Waals surface area contributed by atoms with E-state index in [1.165, 1.54) is 4.80 Å². The maximum Gasteiger partial charge on any atom is 0.204 e. The van der Waals surface area contributed by atoms with Gasteiger partial charge in [0.05, 0.1) is 19.1 Å². The summed E-state index contributed by atoms with van der Waals surface area (Å²) in [6.07, 6.45) is 9.19. The van der Waals surface area contributed by atoms with E-state index in [2.05, 4.69) is 38.9 Å². The van der Waals surface area contributed by atoms with E-state index in [0.717, 1.165) is 48.4 Å². The van der Waals surface area contributed by atoms with Crippen LogP contribution in [-0.2, 0) is 11.8 Å². The van der Waals surface area contributed by atoms with E-state index in [9.17, 15) is 5.11 Å². The maximum atomic E-state index is 10.7. The molecule has 5 rings (SSSR count). The Balaban J connectivity index is 1.55. The molecule has 1 spiro atoms. The van der Waals surface area contributed by atoms with E-state index in [-0.39, 0.29) is 11.5 Å². The molecule has 3 aliphatic rings. The summed E-state index contributed by atoms with van der Waals surface area (Å²) in [5.41, 5.74) is 2.81. The Labute approximate surface area is 163 Å². The molecule has 2 atom stereocenters. The van der Waals surface area contributed by atoms with Crippen molar-refractivity contribution in [3.05, 3.63) is 59.9 Å². The van der Waals surface area contributed by atoms with Crippen LogP contribution in [-0.4, -0.2) is 50.1 Å². The predicted molar refractivity (Wildman–Crippen MR) is 105 cm³/mol. The fraction of sp³-hybridized carbons (Fsp3) is 0.381. The second kappa shape index (κ2) is 6.68. The zero-order valence-electron chi connectivity index (χ0n) is 15.7. The zero-order chi connectivity index (χ0) is 19.1. The normalized spacial score (nSPS) is 25.6. The molecule has 1 aromatic carbocycles. The van der Waals surface area contributed by atoms with Crippen molar-refractivity contribution in [2.75, 3.05) is 13.1 Å². The number of hydrogen-bond donors (Lipinski definition) is 2. The lowest BCUT2D eigenvalue weighted by Gasteiger charge is -2.44. The van der Waals surface area contributed by atoms with Crippen molar-refractivity contribution in [2.45, 2.75) is 24.5 Å². The lowest BCUT2D eigenvalue weighted by Crippen LogP contribution is -2.46. The first-order valence-electron chi connectivity index (χ1n) is 9.67. The van der Waals surface area contributed by atoms with Gasteiger partial charge in [0.1, 0.15) is 11.4 Å². The smallest absolute Gasteiger partial charge is 0.204 e. The topological polar surface area (TPSA) is 85.1 Å². The van der Waals surface area contributed by atoms with Crippen LogP contribution in [0.3, 0.4) is 0 Å². The highest BCUT2D eigenvalue weighted by atomic mass is 16.5. The quantitative estimate of drug-likeness (QED) is 0.831. The summed E-state index contributed by atoms with van der Waals surface area (Å²) in [6, 6.07) is 8.15. The molecule has 2 aromatic rings. The van der Waals surface area contributed by atoms with E-state index in [1.807, 2.05) is 30.4 Å². The third kappa shape index (κ3) is 2.96. The van der Waals surface area contributed by atoms with Crippen LogP contribution in [0.1, 0.15) is 18.4 Å². The molecular formula is C21H23N5O2. The Morgan fingerprint density at radius 3 is 2.64 bits per heavy atom. The highest BCUT2D eigenvalue weighted by Crippen LogP contribution is 2.45. The average molecular weight is 377 g/mol. The molecule has 3 heterocycles. The molecule has 0 bridgehead atoms. The minimum atomic E-state index is -0.591. The van der Waals surface area contributed by atoms with E-state index >= 15 is 0 Å². The van der Waals surface area contributed by atoms with Gasteiger partial charge >= 0.3 is 0 Å². The van der Waals surface area contributed by atoms with Gasteiger partial charge in [-0.2, -0.15) is 4.80 Å². The Bertz CT molecular complexity index is 967. The molecule has 0 radical (unpaired) electrons. The standard InChI is InChI=1S/C21H23N5O2/c1-26-24-20(23-25-26)15-7-5-14(6-8-15)16-13-21(9-11-22-12-10-21)28-18-4-2-3-17(27)19(16)18/h2-8,13,17,19,22,27H,9-12H2,1H3. The average Bonchev–Trinajstić information content (AvgIpc) is 3.14. The highest BCUT2D eigenvalue weighted by molar-refractivity contribution is 5.74. The second-order valence-corrected chi connectivity index (χ2v) is 7.62. The molecular weight excluding hydrogens is 354 g/mol. The maximum absolute atomic E-state index is 10.7. The lowest BCUT2D eigenvalue weighted by atomic mass is 9.76. The minimum absolute atomic E-state index is 0.175. The number of rotatable bonds is 2. The van der Waals surface area contributed by atoms with Gasteiger partial charge in [-0.3, -0.25) is 0 Å². The monoisotopic (exact) mass is 377 g/mol. The van der Waals surface area contributed by atoms with Crippen molar-refractivity contribution >= 4 is 5.57 Å². The molecule has 1 aromatic heterocycles. The van der Waals surface area contributed by atoms with E-state index in [0.29, 0.717) is 5.82 Å². The molecule has 1 fully saturated rings. The number of aliphatic hydroxyl groups is 1. The Morgan fingerprint density at radius 2 is 1.93 bits per heavy atom. The van der Waals surface area contributed by atoms with Crippen LogP contribution < -0.4 is 5.32 Å². The number of tetrazole rings is 1. The van der Waals surface area contributed by atoms with E-state index in [1.54, 1.807) is 7.05 Å². The third-order valence-electron chi connectivity index (χ3n) is 5.73. The van der Waals surface area contributed by atoms with Crippen LogP contribution in [0.15, 0.2) is 54.3 Å². The number of benzene rings is 1. The van der Waals surface area contributed by atoms with Gasteiger partial charge in [-0.05, 0) is 41.6 Å².